The quantitative estimate of drug-likeness (QED) is 0.597. The molecule has 1 saturated heterocycles. The van der Waals surface area contributed by atoms with Crippen LogP contribution in [0.25, 0.3) is 0 Å². The van der Waals surface area contributed by atoms with Gasteiger partial charge in [0.1, 0.15) is 5.82 Å². The molecular formula is C21H22Cl3FN2O4S. The van der Waals surface area contributed by atoms with Crippen molar-refractivity contribution in [1.29, 1.82) is 0 Å². The molecule has 0 unspecified atom stereocenters. The summed E-state index contributed by atoms with van der Waals surface area (Å²) >= 11 is 11.9. The summed E-state index contributed by atoms with van der Waals surface area (Å²) in [7, 11) is -3.72. The Morgan fingerprint density at radius 2 is 1.66 bits per heavy atom. The lowest BCUT2D eigenvalue weighted by Crippen LogP contribution is -2.48. The van der Waals surface area contributed by atoms with Gasteiger partial charge in [-0.2, -0.15) is 4.31 Å². The van der Waals surface area contributed by atoms with Crippen LogP contribution in [0.4, 0.5) is 4.39 Å². The fraction of sp³-hybridized carbons (Fsp3) is 0.381. The normalized spacial score (nSPS) is 17.7. The number of carboxylic acids is 1. The average Bonchev–Trinajstić information content (AvgIpc) is 3.52. The van der Waals surface area contributed by atoms with E-state index in [-0.39, 0.29) is 51.9 Å². The van der Waals surface area contributed by atoms with E-state index in [0.717, 1.165) is 18.4 Å². The van der Waals surface area contributed by atoms with Crippen LogP contribution in [-0.4, -0.2) is 54.9 Å². The molecule has 0 amide bonds. The molecule has 0 spiro atoms. The van der Waals surface area contributed by atoms with Gasteiger partial charge in [0.05, 0.1) is 10.5 Å². The molecule has 1 N–H and O–H groups in total. The van der Waals surface area contributed by atoms with Gasteiger partial charge in [-0.05, 0) is 54.2 Å². The molecule has 32 heavy (non-hydrogen) atoms. The number of piperazine rings is 1. The van der Waals surface area contributed by atoms with Gasteiger partial charge in [-0.25, -0.2) is 17.6 Å². The summed E-state index contributed by atoms with van der Waals surface area (Å²) in [5.41, 5.74) is 0.952. The highest BCUT2D eigenvalue weighted by molar-refractivity contribution is 7.89. The number of hydrogen-bond donors (Lipinski definition) is 1. The fourth-order valence-corrected chi connectivity index (χ4v) is 6.09. The minimum absolute atomic E-state index is 0. The Kier molecular flexibility index (Phi) is 7.74. The molecule has 11 heteroatoms. The first-order valence-corrected chi connectivity index (χ1v) is 12.1. The van der Waals surface area contributed by atoms with Crippen LogP contribution in [0.3, 0.4) is 0 Å². The van der Waals surface area contributed by atoms with E-state index in [4.69, 9.17) is 23.2 Å². The maximum absolute atomic E-state index is 14.8. The van der Waals surface area contributed by atoms with Crippen LogP contribution in [0.15, 0.2) is 35.2 Å². The van der Waals surface area contributed by atoms with Gasteiger partial charge in [0.25, 0.3) is 0 Å². The number of aromatic carboxylic acids is 1. The molecule has 0 aromatic heterocycles. The van der Waals surface area contributed by atoms with Crippen molar-refractivity contribution in [3.8, 4) is 0 Å². The molecule has 1 aliphatic heterocycles. The zero-order chi connectivity index (χ0) is 22.3. The highest BCUT2D eigenvalue weighted by Crippen LogP contribution is 2.44. The number of carboxylic acid groups (broad SMARTS) is 1. The molecule has 4 rings (SSSR count). The van der Waals surface area contributed by atoms with Gasteiger partial charge in [-0.15, -0.1) is 12.4 Å². The number of nitrogens with zero attached hydrogens (tertiary/aromatic N) is 2. The van der Waals surface area contributed by atoms with Crippen molar-refractivity contribution in [2.45, 2.75) is 30.2 Å². The summed E-state index contributed by atoms with van der Waals surface area (Å²) < 4.78 is 42.1. The molecule has 0 atom stereocenters. The van der Waals surface area contributed by atoms with Gasteiger partial charge in [0.2, 0.25) is 10.0 Å². The molecule has 2 aromatic rings. The maximum atomic E-state index is 14.8. The predicted molar refractivity (Wildman–Crippen MR) is 123 cm³/mol. The fourth-order valence-electron chi connectivity index (χ4n) is 3.94. The molecule has 1 heterocycles. The average molecular weight is 524 g/mol. The largest absolute Gasteiger partial charge is 0.478 e. The number of carbonyl (C=O) groups is 1. The van der Waals surface area contributed by atoms with E-state index in [1.807, 2.05) is 0 Å². The Morgan fingerprint density at radius 1 is 1.06 bits per heavy atom. The topological polar surface area (TPSA) is 77.9 Å². The number of sulfonamides is 1. The Labute approximate surface area is 202 Å². The van der Waals surface area contributed by atoms with Crippen LogP contribution in [0.2, 0.25) is 10.0 Å². The highest BCUT2D eigenvalue weighted by Gasteiger charge is 2.33. The number of halogens is 4. The Balaban J connectivity index is 0.00000289. The number of benzene rings is 2. The number of rotatable bonds is 6. The van der Waals surface area contributed by atoms with Gasteiger partial charge in [0.15, 0.2) is 0 Å². The first-order chi connectivity index (χ1) is 14.7. The second kappa shape index (κ2) is 9.83. The lowest BCUT2D eigenvalue weighted by molar-refractivity contribution is 0.0691. The van der Waals surface area contributed by atoms with E-state index in [1.54, 1.807) is 6.07 Å². The molecule has 1 aliphatic carbocycles. The summed E-state index contributed by atoms with van der Waals surface area (Å²) in [5.74, 6) is -1.86. The summed E-state index contributed by atoms with van der Waals surface area (Å²) in [6.07, 6.45) is 1.70. The second-order valence-corrected chi connectivity index (χ2v) is 10.7. The molecule has 6 nitrogen and oxygen atoms in total. The van der Waals surface area contributed by atoms with Gasteiger partial charge in [-0.1, -0.05) is 29.3 Å². The van der Waals surface area contributed by atoms with Crippen LogP contribution in [-0.2, 0) is 16.6 Å². The first kappa shape index (κ1) is 25.2. The van der Waals surface area contributed by atoms with Crippen LogP contribution in [0.5, 0.6) is 0 Å². The molecule has 0 bridgehead atoms. The molecule has 2 aromatic carbocycles. The maximum Gasteiger partial charge on any atom is 0.338 e. The van der Waals surface area contributed by atoms with Crippen molar-refractivity contribution < 1.29 is 22.7 Å². The Morgan fingerprint density at radius 3 is 2.19 bits per heavy atom. The lowest BCUT2D eigenvalue weighted by atomic mass is 9.98. The van der Waals surface area contributed by atoms with Crippen LogP contribution in [0.1, 0.15) is 40.2 Å². The predicted octanol–water partition coefficient (Wildman–Crippen LogP) is 4.64. The number of hydrogen-bond acceptors (Lipinski definition) is 4. The van der Waals surface area contributed by atoms with Crippen molar-refractivity contribution in [2.75, 3.05) is 26.2 Å². The van der Waals surface area contributed by atoms with Crippen molar-refractivity contribution in [1.82, 2.24) is 9.21 Å². The minimum Gasteiger partial charge on any atom is -0.478 e. The summed E-state index contributed by atoms with van der Waals surface area (Å²) in [4.78, 5) is 13.4. The third-order valence-electron chi connectivity index (χ3n) is 5.69. The first-order valence-electron chi connectivity index (χ1n) is 9.90. The van der Waals surface area contributed by atoms with Gasteiger partial charge in [-0.3, -0.25) is 4.90 Å². The van der Waals surface area contributed by atoms with Crippen LogP contribution >= 0.6 is 35.6 Å². The van der Waals surface area contributed by atoms with Crippen LogP contribution < -0.4 is 0 Å². The van der Waals surface area contributed by atoms with E-state index in [0.29, 0.717) is 25.2 Å². The van der Waals surface area contributed by atoms with Gasteiger partial charge >= 0.3 is 5.97 Å². The standard InChI is InChI=1S/C21H21Cl2FN2O4S.ClH/c22-15-9-16(23)11-17(10-15)31(29,30)26-7-5-25(6-8-26)12-14-3-4-18(21(27)28)20(24)19(14)13-1-2-13;/h3-4,9-11,13H,1-2,5-8,12H2,(H,27,28);1H. The molecule has 1 saturated carbocycles. The smallest absolute Gasteiger partial charge is 0.338 e. The highest BCUT2D eigenvalue weighted by atomic mass is 35.5. The molecule has 174 valence electrons. The second-order valence-electron chi connectivity index (χ2n) is 7.86. The lowest BCUT2D eigenvalue weighted by Gasteiger charge is -2.34. The third kappa shape index (κ3) is 5.21. The summed E-state index contributed by atoms with van der Waals surface area (Å²) in [6.45, 7) is 1.95. The SMILES string of the molecule is Cl.O=C(O)c1ccc(CN2CCN(S(=O)(=O)c3cc(Cl)cc(Cl)c3)CC2)c(C2CC2)c1F. The van der Waals surface area contributed by atoms with Crippen LogP contribution in [0, 0.1) is 5.82 Å². The van der Waals surface area contributed by atoms with Crippen molar-refractivity contribution in [3.63, 3.8) is 0 Å². The van der Waals surface area contributed by atoms with Crippen molar-refractivity contribution >= 4 is 51.6 Å². The van der Waals surface area contributed by atoms with Gasteiger partial charge in [0, 0.05) is 42.8 Å². The van der Waals surface area contributed by atoms with Crippen molar-refractivity contribution in [2.24, 2.45) is 0 Å². The molecular weight excluding hydrogens is 502 g/mol. The Bertz CT molecular complexity index is 1110. The van der Waals surface area contributed by atoms with E-state index >= 15 is 0 Å². The monoisotopic (exact) mass is 522 g/mol. The van der Waals surface area contributed by atoms with E-state index in [9.17, 15) is 22.7 Å². The molecule has 2 aliphatic rings. The molecule has 0 radical (unpaired) electrons. The van der Waals surface area contributed by atoms with E-state index < -0.39 is 21.8 Å². The molecule has 2 fully saturated rings. The minimum atomic E-state index is -3.72. The zero-order valence-corrected chi connectivity index (χ0v) is 20.1. The van der Waals surface area contributed by atoms with Crippen molar-refractivity contribution in [3.05, 3.63) is 62.9 Å². The van der Waals surface area contributed by atoms with E-state index in [2.05, 4.69) is 4.90 Å². The van der Waals surface area contributed by atoms with E-state index in [1.165, 1.54) is 28.6 Å². The Hall–Kier alpha value is -1.42. The summed E-state index contributed by atoms with van der Waals surface area (Å²) in [6, 6.07) is 7.22. The summed E-state index contributed by atoms with van der Waals surface area (Å²) in [5, 5.41) is 9.72. The third-order valence-corrected chi connectivity index (χ3v) is 8.00. The van der Waals surface area contributed by atoms with Gasteiger partial charge < -0.3 is 5.11 Å². The zero-order valence-electron chi connectivity index (χ0n) is 16.9.